The maximum Gasteiger partial charge on any atom is 0.239 e. The van der Waals surface area contributed by atoms with E-state index in [9.17, 15) is 4.79 Å². The highest BCUT2D eigenvalue weighted by Gasteiger charge is 2.23. The average Bonchev–Trinajstić information content (AvgIpc) is 3.16. The van der Waals surface area contributed by atoms with Crippen LogP contribution >= 0.6 is 11.3 Å². The van der Waals surface area contributed by atoms with E-state index in [4.69, 9.17) is 0 Å². The highest BCUT2D eigenvalue weighted by molar-refractivity contribution is 7.18. The molecule has 0 atom stereocenters. The van der Waals surface area contributed by atoms with Crippen LogP contribution in [-0.2, 0) is 4.79 Å². The number of carbonyl (C=O) groups is 1. The predicted octanol–water partition coefficient (Wildman–Crippen LogP) is 2.12. The second-order valence-corrected chi connectivity index (χ2v) is 6.43. The van der Waals surface area contributed by atoms with E-state index in [0.29, 0.717) is 17.8 Å². The molecule has 1 aliphatic rings. The Morgan fingerprint density at radius 3 is 2.90 bits per heavy atom. The monoisotopic (exact) mass is 305 g/mol. The molecule has 1 saturated carbocycles. The van der Waals surface area contributed by atoms with Gasteiger partial charge in [-0.1, -0.05) is 0 Å². The molecular weight excluding hydrogens is 286 g/mol. The molecule has 0 spiro atoms. The van der Waals surface area contributed by atoms with Crippen molar-refractivity contribution in [3.05, 3.63) is 10.9 Å². The number of aromatic nitrogens is 2. The Morgan fingerprint density at radius 1 is 1.38 bits per heavy atom. The van der Waals surface area contributed by atoms with Crippen molar-refractivity contribution >= 4 is 39.2 Å². The lowest BCUT2D eigenvalue weighted by Gasteiger charge is -2.09. The van der Waals surface area contributed by atoms with Crippen LogP contribution in [0.3, 0.4) is 0 Å². The van der Waals surface area contributed by atoms with Crippen molar-refractivity contribution in [2.45, 2.75) is 32.7 Å². The van der Waals surface area contributed by atoms with Crippen molar-refractivity contribution in [2.24, 2.45) is 0 Å². The fourth-order valence-corrected chi connectivity index (χ4v) is 2.96. The summed E-state index contributed by atoms with van der Waals surface area (Å²) in [6.45, 7) is 5.05. The molecule has 0 radical (unpaired) electrons. The Bertz CT molecular complexity index is 665. The predicted molar refractivity (Wildman–Crippen MR) is 86.0 cm³/mol. The molecule has 1 fully saturated rings. The lowest BCUT2D eigenvalue weighted by atomic mass is 10.3. The second kappa shape index (κ2) is 5.85. The lowest BCUT2D eigenvalue weighted by molar-refractivity contribution is -0.119. The van der Waals surface area contributed by atoms with Gasteiger partial charge in [-0.2, -0.15) is 4.98 Å². The third-order valence-corrected chi connectivity index (χ3v) is 4.15. The first-order valence-corrected chi connectivity index (χ1v) is 8.02. The Balaban J connectivity index is 1.79. The fourth-order valence-electron chi connectivity index (χ4n) is 2.08. The summed E-state index contributed by atoms with van der Waals surface area (Å²) in [7, 11) is 0. The van der Waals surface area contributed by atoms with Gasteiger partial charge in [-0.3, -0.25) is 4.79 Å². The molecule has 0 saturated heterocycles. The number of fused-ring (bicyclic) bond motifs is 1. The van der Waals surface area contributed by atoms with Crippen LogP contribution in [0.15, 0.2) is 6.07 Å². The Morgan fingerprint density at radius 2 is 2.19 bits per heavy atom. The van der Waals surface area contributed by atoms with Crippen molar-refractivity contribution in [1.82, 2.24) is 15.3 Å². The van der Waals surface area contributed by atoms with E-state index in [1.807, 2.05) is 13.8 Å². The van der Waals surface area contributed by atoms with Gasteiger partial charge in [-0.25, -0.2) is 4.98 Å². The Hall–Kier alpha value is -1.89. The van der Waals surface area contributed by atoms with E-state index >= 15 is 0 Å². The van der Waals surface area contributed by atoms with Crippen LogP contribution in [0.25, 0.3) is 10.2 Å². The standard InChI is InChI=1S/C14H19N5OS/c1-3-15-14-18-12(10-6-8(2)21-13(10)19-14)16-7-11(20)17-9-4-5-9/h6,9H,3-5,7H2,1-2H3,(H,17,20)(H2,15,16,18,19). The SMILES string of the molecule is CCNc1nc(NCC(=O)NC2CC2)c2cc(C)sc2n1. The second-order valence-electron chi connectivity index (χ2n) is 5.20. The number of hydrogen-bond donors (Lipinski definition) is 3. The molecule has 3 rings (SSSR count). The summed E-state index contributed by atoms with van der Waals surface area (Å²) in [5.74, 6) is 1.32. The summed E-state index contributed by atoms with van der Waals surface area (Å²) >= 11 is 1.63. The van der Waals surface area contributed by atoms with Crippen LogP contribution in [0.5, 0.6) is 0 Å². The van der Waals surface area contributed by atoms with Crippen LogP contribution < -0.4 is 16.0 Å². The van der Waals surface area contributed by atoms with Gasteiger partial charge in [0.2, 0.25) is 11.9 Å². The van der Waals surface area contributed by atoms with Gasteiger partial charge in [0.25, 0.3) is 0 Å². The average molecular weight is 305 g/mol. The largest absolute Gasteiger partial charge is 0.360 e. The smallest absolute Gasteiger partial charge is 0.239 e. The van der Waals surface area contributed by atoms with Crippen LogP contribution in [0.4, 0.5) is 11.8 Å². The first-order chi connectivity index (χ1) is 10.2. The highest BCUT2D eigenvalue weighted by Crippen LogP contribution is 2.29. The molecule has 7 heteroatoms. The van der Waals surface area contributed by atoms with Crippen molar-refractivity contribution in [1.29, 1.82) is 0 Å². The minimum Gasteiger partial charge on any atom is -0.360 e. The van der Waals surface area contributed by atoms with Gasteiger partial charge in [-0.15, -0.1) is 11.3 Å². The van der Waals surface area contributed by atoms with Crippen molar-refractivity contribution in [3.8, 4) is 0 Å². The maximum atomic E-state index is 11.8. The van der Waals surface area contributed by atoms with Crippen LogP contribution in [0, 0.1) is 6.92 Å². The zero-order valence-corrected chi connectivity index (χ0v) is 13.0. The molecule has 21 heavy (non-hydrogen) atoms. The first kappa shape index (κ1) is 14.1. The summed E-state index contributed by atoms with van der Waals surface area (Å²) in [5.41, 5.74) is 0. The third kappa shape index (κ3) is 3.41. The minimum atomic E-state index is 0.0150. The van der Waals surface area contributed by atoms with Crippen molar-refractivity contribution in [3.63, 3.8) is 0 Å². The topological polar surface area (TPSA) is 78.9 Å². The molecule has 0 unspecified atom stereocenters. The molecule has 0 aliphatic heterocycles. The van der Waals surface area contributed by atoms with E-state index in [2.05, 4.69) is 32.0 Å². The quantitative estimate of drug-likeness (QED) is 0.762. The summed E-state index contributed by atoms with van der Waals surface area (Å²) in [4.78, 5) is 22.9. The van der Waals surface area contributed by atoms with E-state index in [1.165, 1.54) is 4.88 Å². The fraction of sp³-hybridized carbons (Fsp3) is 0.500. The number of carbonyl (C=O) groups excluding carboxylic acids is 1. The molecule has 2 aromatic heterocycles. The van der Waals surface area contributed by atoms with Gasteiger partial charge in [0.15, 0.2) is 0 Å². The number of thiophene rings is 1. The number of rotatable bonds is 6. The van der Waals surface area contributed by atoms with E-state index in [-0.39, 0.29) is 12.5 Å². The van der Waals surface area contributed by atoms with Crippen LogP contribution in [-0.4, -0.2) is 35.0 Å². The third-order valence-electron chi connectivity index (χ3n) is 3.21. The first-order valence-electron chi connectivity index (χ1n) is 7.21. The molecule has 1 amide bonds. The van der Waals surface area contributed by atoms with E-state index in [1.54, 1.807) is 11.3 Å². The Kier molecular flexibility index (Phi) is 3.92. The number of anilines is 2. The summed E-state index contributed by atoms with van der Waals surface area (Å²) < 4.78 is 0. The maximum absolute atomic E-state index is 11.8. The van der Waals surface area contributed by atoms with Gasteiger partial charge in [0.1, 0.15) is 10.6 Å². The molecular formula is C14H19N5OS. The molecule has 1 aliphatic carbocycles. The number of hydrogen-bond acceptors (Lipinski definition) is 6. The molecule has 0 bridgehead atoms. The number of aryl methyl sites for hydroxylation is 1. The highest BCUT2D eigenvalue weighted by atomic mass is 32.1. The number of nitrogens with one attached hydrogen (secondary N) is 3. The van der Waals surface area contributed by atoms with Gasteiger partial charge >= 0.3 is 0 Å². The molecule has 0 aromatic carbocycles. The van der Waals surface area contributed by atoms with Gasteiger partial charge in [0.05, 0.1) is 11.9 Å². The molecule has 112 valence electrons. The number of nitrogens with zero attached hydrogens (tertiary/aromatic N) is 2. The molecule has 2 aromatic rings. The van der Waals surface area contributed by atoms with Crippen molar-refractivity contribution < 1.29 is 4.79 Å². The zero-order chi connectivity index (χ0) is 14.8. The summed E-state index contributed by atoms with van der Waals surface area (Å²) in [6, 6.07) is 2.43. The molecule has 2 heterocycles. The van der Waals surface area contributed by atoms with Crippen LogP contribution in [0.2, 0.25) is 0 Å². The van der Waals surface area contributed by atoms with Gasteiger partial charge in [0, 0.05) is 17.5 Å². The Labute approximate surface area is 127 Å². The van der Waals surface area contributed by atoms with E-state index < -0.39 is 0 Å². The van der Waals surface area contributed by atoms with Gasteiger partial charge < -0.3 is 16.0 Å². The van der Waals surface area contributed by atoms with Gasteiger partial charge in [-0.05, 0) is 32.8 Å². The summed E-state index contributed by atoms with van der Waals surface area (Å²) in [6.07, 6.45) is 2.19. The summed E-state index contributed by atoms with van der Waals surface area (Å²) in [5, 5.41) is 10.2. The zero-order valence-electron chi connectivity index (χ0n) is 12.2. The lowest BCUT2D eigenvalue weighted by Crippen LogP contribution is -2.31. The molecule has 3 N–H and O–H groups in total. The van der Waals surface area contributed by atoms with E-state index in [0.717, 1.165) is 29.6 Å². The van der Waals surface area contributed by atoms with Crippen molar-refractivity contribution in [2.75, 3.05) is 23.7 Å². The minimum absolute atomic E-state index is 0.0150. The van der Waals surface area contributed by atoms with Crippen LogP contribution in [0.1, 0.15) is 24.6 Å². The molecule has 6 nitrogen and oxygen atoms in total. The number of amides is 1. The normalized spacial score (nSPS) is 14.2.